The number of hydrogen-bond donors (Lipinski definition) is 1. The van der Waals surface area contributed by atoms with E-state index in [0.717, 1.165) is 6.42 Å². The van der Waals surface area contributed by atoms with Crippen LogP contribution in [0, 0.1) is 0 Å². The minimum absolute atomic E-state index is 0.171. The summed E-state index contributed by atoms with van der Waals surface area (Å²) in [5.74, 6) is -0.920. The maximum absolute atomic E-state index is 12.3. The summed E-state index contributed by atoms with van der Waals surface area (Å²) in [5.41, 5.74) is -1.05. The third kappa shape index (κ3) is 2.09. The van der Waals surface area contributed by atoms with Crippen molar-refractivity contribution in [2.24, 2.45) is 0 Å². The van der Waals surface area contributed by atoms with E-state index in [0.29, 0.717) is 39.3 Å². The van der Waals surface area contributed by atoms with Gasteiger partial charge in [-0.15, -0.1) is 0 Å². The van der Waals surface area contributed by atoms with Crippen molar-refractivity contribution in [1.82, 2.24) is 9.80 Å². The van der Waals surface area contributed by atoms with Crippen molar-refractivity contribution in [1.29, 1.82) is 0 Å². The van der Waals surface area contributed by atoms with E-state index in [2.05, 4.69) is 0 Å². The van der Waals surface area contributed by atoms with Gasteiger partial charge in [0.25, 0.3) is 0 Å². The van der Waals surface area contributed by atoms with Crippen molar-refractivity contribution in [3.8, 4) is 0 Å². The Kier molecular flexibility index (Phi) is 3.24. The summed E-state index contributed by atoms with van der Waals surface area (Å²) in [5, 5.41) is 9.25. The van der Waals surface area contributed by atoms with Gasteiger partial charge in [0, 0.05) is 19.6 Å². The van der Waals surface area contributed by atoms with Crippen molar-refractivity contribution in [3.63, 3.8) is 0 Å². The number of rotatable bonds is 1. The molecule has 0 bridgehead atoms. The van der Waals surface area contributed by atoms with Gasteiger partial charge in [0.2, 0.25) is 0 Å². The van der Waals surface area contributed by atoms with Gasteiger partial charge in [-0.2, -0.15) is 0 Å². The van der Waals surface area contributed by atoms with E-state index in [-0.39, 0.29) is 6.03 Å². The predicted molar refractivity (Wildman–Crippen MR) is 59.8 cm³/mol. The first kappa shape index (κ1) is 12.2. The Bertz CT molecular complexity index is 327. The normalized spacial score (nSPS) is 29.5. The van der Waals surface area contributed by atoms with E-state index in [1.807, 2.05) is 0 Å². The Balaban J connectivity index is 2.10. The van der Waals surface area contributed by atoms with Crippen LogP contribution in [0.1, 0.15) is 19.8 Å². The maximum Gasteiger partial charge on any atom is 0.329 e. The Hall–Kier alpha value is -1.30. The summed E-state index contributed by atoms with van der Waals surface area (Å²) in [6.07, 6.45) is 1.28. The predicted octanol–water partition coefficient (Wildman–Crippen LogP) is 0.378. The minimum Gasteiger partial charge on any atom is -0.480 e. The van der Waals surface area contributed by atoms with Crippen LogP contribution in [0.5, 0.6) is 0 Å². The van der Waals surface area contributed by atoms with E-state index in [1.54, 1.807) is 11.8 Å². The third-order valence-electron chi connectivity index (χ3n) is 3.61. The van der Waals surface area contributed by atoms with E-state index in [4.69, 9.17) is 4.74 Å². The lowest BCUT2D eigenvalue weighted by Gasteiger charge is -2.37. The number of likely N-dealkylation sites (tertiary alicyclic amines) is 1. The Morgan fingerprint density at radius 2 is 1.88 bits per heavy atom. The molecule has 2 fully saturated rings. The Morgan fingerprint density at radius 3 is 2.47 bits per heavy atom. The number of carboxylic acid groups (broad SMARTS) is 1. The third-order valence-corrected chi connectivity index (χ3v) is 3.61. The second-order valence-electron chi connectivity index (χ2n) is 4.72. The lowest BCUT2D eigenvalue weighted by Crippen LogP contribution is -2.56. The molecule has 2 heterocycles. The number of nitrogens with zero attached hydrogens (tertiary/aromatic N) is 2. The lowest BCUT2D eigenvalue weighted by atomic mass is 10.00. The highest BCUT2D eigenvalue weighted by Crippen LogP contribution is 2.30. The fourth-order valence-electron chi connectivity index (χ4n) is 2.42. The molecule has 2 saturated heterocycles. The zero-order chi connectivity index (χ0) is 12.5. The summed E-state index contributed by atoms with van der Waals surface area (Å²) in [4.78, 5) is 26.7. The number of carbonyl (C=O) groups is 2. The second kappa shape index (κ2) is 4.52. The van der Waals surface area contributed by atoms with Crippen molar-refractivity contribution < 1.29 is 19.4 Å². The number of aliphatic carboxylic acids is 1. The summed E-state index contributed by atoms with van der Waals surface area (Å²) in [6, 6.07) is -0.171. The molecule has 0 spiro atoms. The molecule has 6 nitrogen and oxygen atoms in total. The molecule has 2 amide bonds. The molecule has 2 aliphatic heterocycles. The number of amides is 2. The van der Waals surface area contributed by atoms with E-state index in [1.165, 1.54) is 4.90 Å². The molecule has 0 saturated carbocycles. The van der Waals surface area contributed by atoms with Crippen LogP contribution in [-0.2, 0) is 9.53 Å². The smallest absolute Gasteiger partial charge is 0.329 e. The Labute approximate surface area is 100 Å². The summed E-state index contributed by atoms with van der Waals surface area (Å²) < 4.78 is 5.18. The molecule has 0 radical (unpaired) electrons. The summed E-state index contributed by atoms with van der Waals surface area (Å²) >= 11 is 0. The second-order valence-corrected chi connectivity index (χ2v) is 4.72. The summed E-state index contributed by atoms with van der Waals surface area (Å²) in [7, 11) is 0. The van der Waals surface area contributed by atoms with E-state index >= 15 is 0 Å². The lowest BCUT2D eigenvalue weighted by molar-refractivity contribution is -0.147. The fourth-order valence-corrected chi connectivity index (χ4v) is 2.42. The monoisotopic (exact) mass is 242 g/mol. The molecule has 0 aliphatic carbocycles. The number of urea groups is 1. The maximum atomic E-state index is 12.3. The number of carboxylic acids is 1. The highest BCUT2D eigenvalue weighted by Gasteiger charge is 2.47. The van der Waals surface area contributed by atoms with Crippen molar-refractivity contribution in [2.75, 3.05) is 32.8 Å². The zero-order valence-electron chi connectivity index (χ0n) is 10.0. The average Bonchev–Trinajstić information content (AvgIpc) is 2.73. The first-order valence-electron chi connectivity index (χ1n) is 5.93. The summed E-state index contributed by atoms with van der Waals surface area (Å²) in [6.45, 7) is 4.31. The zero-order valence-corrected chi connectivity index (χ0v) is 10.0. The van der Waals surface area contributed by atoms with Gasteiger partial charge in [0.15, 0.2) is 0 Å². The molecule has 1 atom stereocenters. The van der Waals surface area contributed by atoms with Crippen molar-refractivity contribution >= 4 is 12.0 Å². The van der Waals surface area contributed by atoms with Gasteiger partial charge in [0.05, 0.1) is 13.2 Å². The van der Waals surface area contributed by atoms with Gasteiger partial charge in [0.1, 0.15) is 5.54 Å². The van der Waals surface area contributed by atoms with Crippen molar-refractivity contribution in [2.45, 2.75) is 25.3 Å². The van der Waals surface area contributed by atoms with Crippen LogP contribution < -0.4 is 0 Å². The molecule has 0 aromatic heterocycles. The van der Waals surface area contributed by atoms with Crippen molar-refractivity contribution in [3.05, 3.63) is 0 Å². The molecule has 1 unspecified atom stereocenters. The van der Waals surface area contributed by atoms with Gasteiger partial charge >= 0.3 is 12.0 Å². The van der Waals surface area contributed by atoms with Gasteiger partial charge < -0.3 is 19.6 Å². The molecular weight excluding hydrogens is 224 g/mol. The number of morpholine rings is 1. The highest BCUT2D eigenvalue weighted by molar-refractivity contribution is 5.86. The quantitative estimate of drug-likeness (QED) is 0.721. The molecule has 96 valence electrons. The first-order valence-corrected chi connectivity index (χ1v) is 5.93. The molecular formula is C11H18N2O4. The number of hydrogen-bond acceptors (Lipinski definition) is 3. The van der Waals surface area contributed by atoms with Crippen LogP contribution >= 0.6 is 0 Å². The highest BCUT2D eigenvalue weighted by atomic mass is 16.5. The molecule has 17 heavy (non-hydrogen) atoms. The molecule has 0 aromatic carbocycles. The van der Waals surface area contributed by atoms with E-state index in [9.17, 15) is 14.7 Å². The fraction of sp³-hybridized carbons (Fsp3) is 0.818. The first-order chi connectivity index (χ1) is 8.05. The topological polar surface area (TPSA) is 70.1 Å². The minimum atomic E-state index is -1.05. The van der Waals surface area contributed by atoms with Crippen LogP contribution in [-0.4, -0.2) is 65.3 Å². The van der Waals surface area contributed by atoms with Crippen LogP contribution in [0.15, 0.2) is 0 Å². The molecule has 0 aromatic rings. The van der Waals surface area contributed by atoms with E-state index < -0.39 is 11.5 Å². The molecule has 2 rings (SSSR count). The van der Waals surface area contributed by atoms with Gasteiger partial charge in [-0.05, 0) is 19.8 Å². The number of carbonyl (C=O) groups excluding carboxylic acids is 1. The van der Waals surface area contributed by atoms with Crippen LogP contribution in [0.3, 0.4) is 0 Å². The van der Waals surface area contributed by atoms with Gasteiger partial charge in [-0.1, -0.05) is 0 Å². The number of ether oxygens (including phenoxy) is 1. The van der Waals surface area contributed by atoms with Gasteiger partial charge in [-0.25, -0.2) is 9.59 Å². The van der Waals surface area contributed by atoms with Crippen LogP contribution in [0.25, 0.3) is 0 Å². The molecule has 6 heteroatoms. The molecule has 2 aliphatic rings. The average molecular weight is 242 g/mol. The molecule has 1 N–H and O–H groups in total. The Morgan fingerprint density at radius 1 is 1.24 bits per heavy atom. The van der Waals surface area contributed by atoms with Crippen LogP contribution in [0.4, 0.5) is 4.79 Å². The van der Waals surface area contributed by atoms with Crippen LogP contribution in [0.2, 0.25) is 0 Å². The standard InChI is InChI=1S/C11H18N2O4/c1-11(9(14)15)3-2-4-13(11)10(16)12-5-7-17-8-6-12/h2-8H2,1H3,(H,14,15). The van der Waals surface area contributed by atoms with Gasteiger partial charge in [-0.3, -0.25) is 0 Å². The SMILES string of the molecule is CC1(C(=O)O)CCCN1C(=O)N1CCOCC1. The largest absolute Gasteiger partial charge is 0.480 e.